The van der Waals surface area contributed by atoms with Crippen LogP contribution in [-0.4, -0.2) is 68.6 Å². The first-order valence-corrected chi connectivity index (χ1v) is 14.2. The topological polar surface area (TPSA) is 73.8 Å². The van der Waals surface area contributed by atoms with Gasteiger partial charge in [-0.2, -0.15) is 0 Å². The number of carbonyl (C=O) groups excluding carboxylic acids is 1. The number of nitrogens with one attached hydrogen (secondary N) is 2. The van der Waals surface area contributed by atoms with Crippen molar-refractivity contribution < 1.29 is 23.4 Å². The molecule has 0 bridgehead atoms. The number of rotatable bonds is 12. The number of hydrogen-bond donors (Lipinski definition) is 3. The molecule has 3 N–H and O–H groups in total. The summed E-state index contributed by atoms with van der Waals surface area (Å²) in [6, 6.07) is 4.35. The molecule has 0 aromatic heterocycles. The van der Waals surface area contributed by atoms with Crippen LogP contribution < -0.4 is 10.6 Å². The van der Waals surface area contributed by atoms with Crippen molar-refractivity contribution in [2.24, 2.45) is 11.8 Å². The van der Waals surface area contributed by atoms with E-state index in [2.05, 4.69) is 10.6 Å². The number of benzene rings is 1. The van der Waals surface area contributed by atoms with Crippen LogP contribution in [0.25, 0.3) is 0 Å². The lowest BCUT2D eigenvalue weighted by Gasteiger charge is -2.43. The Labute approximate surface area is 225 Å². The quantitative estimate of drug-likeness (QED) is 0.308. The highest BCUT2D eigenvalue weighted by atomic mass is 35.5. The molecule has 1 saturated heterocycles. The number of amides is 2. The molecule has 1 heterocycles. The largest absolute Gasteiger partial charge is 0.385 e. The van der Waals surface area contributed by atoms with Crippen LogP contribution in [0.2, 0.25) is 5.02 Å². The normalized spacial score (nSPS) is 24.9. The monoisotopic (exact) mass is 543 g/mol. The first-order valence-electron chi connectivity index (χ1n) is 13.8. The third-order valence-corrected chi connectivity index (χ3v) is 8.51. The third-order valence-electron chi connectivity index (χ3n) is 8.13. The van der Waals surface area contributed by atoms with Crippen LogP contribution in [0.4, 0.5) is 13.6 Å². The summed E-state index contributed by atoms with van der Waals surface area (Å²) in [5.41, 5.74) is -0.975. The molecule has 2 fully saturated rings. The van der Waals surface area contributed by atoms with Crippen molar-refractivity contribution in [3.8, 4) is 0 Å². The smallest absolute Gasteiger partial charge is 0.317 e. The summed E-state index contributed by atoms with van der Waals surface area (Å²) in [6.45, 7) is 2.17. The lowest BCUT2D eigenvalue weighted by Crippen LogP contribution is -2.54. The first kappa shape index (κ1) is 30.1. The molecule has 210 valence electrons. The number of carbonyl (C=O) groups is 1. The Morgan fingerprint density at radius 1 is 1.27 bits per heavy atom. The van der Waals surface area contributed by atoms with Crippen LogP contribution in [0.3, 0.4) is 0 Å². The molecular weight excluding hydrogens is 500 g/mol. The zero-order valence-electron chi connectivity index (χ0n) is 22.3. The highest BCUT2D eigenvalue weighted by Crippen LogP contribution is 2.43. The average Bonchev–Trinajstić information content (AvgIpc) is 2.89. The molecule has 1 aliphatic heterocycles. The molecule has 9 heteroatoms. The summed E-state index contributed by atoms with van der Waals surface area (Å²) in [5.74, 6) is -0.430. The number of likely N-dealkylation sites (N-methyl/N-ethyl adjacent to an activating group) is 1. The minimum absolute atomic E-state index is 0.0513. The third kappa shape index (κ3) is 8.25. The van der Waals surface area contributed by atoms with E-state index in [1.54, 1.807) is 24.1 Å². The molecule has 1 aromatic rings. The van der Waals surface area contributed by atoms with Crippen molar-refractivity contribution >= 4 is 17.6 Å². The molecule has 6 nitrogen and oxygen atoms in total. The number of hydrogen-bond acceptors (Lipinski definition) is 4. The Morgan fingerprint density at radius 3 is 2.73 bits per heavy atom. The second-order valence-corrected chi connectivity index (χ2v) is 11.2. The fraction of sp³-hybridized carbons (Fsp3) is 0.750. The highest BCUT2D eigenvalue weighted by Gasteiger charge is 2.43. The van der Waals surface area contributed by atoms with E-state index in [9.17, 15) is 18.7 Å². The molecule has 1 aliphatic carbocycles. The van der Waals surface area contributed by atoms with Crippen LogP contribution in [0, 0.1) is 17.7 Å². The maximum absolute atomic E-state index is 14.4. The maximum atomic E-state index is 14.4. The van der Waals surface area contributed by atoms with Crippen LogP contribution in [0.1, 0.15) is 69.8 Å². The Morgan fingerprint density at radius 2 is 2.03 bits per heavy atom. The van der Waals surface area contributed by atoms with E-state index in [4.69, 9.17) is 16.3 Å². The van der Waals surface area contributed by atoms with Gasteiger partial charge in [0, 0.05) is 50.9 Å². The summed E-state index contributed by atoms with van der Waals surface area (Å²) < 4.78 is 33.1. The fourth-order valence-electron chi connectivity index (χ4n) is 6.05. The molecule has 2 amide bonds. The highest BCUT2D eigenvalue weighted by molar-refractivity contribution is 6.31. The predicted octanol–water partition coefficient (Wildman–Crippen LogP) is 5.41. The standard InChI is InChI=1S/C28H44ClF2N3O3/c1-32-18-23(17-20-10-12-22(30)13-11-20)33-27(35)34-15-6-7-21(19-34)28(36,14-3-4-16-37-2)24-8-5-9-25(31)26(24)29/h5,8-9,20-23,32,36H,3-4,6-7,10-19H2,1-2H3,(H,33,35)/t20?,21?,22?,23?,28-/m1/s1. The van der Waals surface area contributed by atoms with E-state index in [1.807, 2.05) is 7.05 Å². The summed E-state index contributed by atoms with van der Waals surface area (Å²) >= 11 is 6.36. The second kappa shape index (κ2) is 14.6. The number of methoxy groups -OCH3 is 1. The number of ether oxygens (including phenoxy) is 1. The van der Waals surface area contributed by atoms with Gasteiger partial charge in [0.25, 0.3) is 0 Å². The Bertz CT molecular complexity index is 856. The van der Waals surface area contributed by atoms with Gasteiger partial charge < -0.3 is 25.4 Å². The van der Waals surface area contributed by atoms with E-state index in [-0.39, 0.29) is 23.0 Å². The molecule has 0 spiro atoms. The summed E-state index contributed by atoms with van der Waals surface area (Å²) in [6.07, 6.45) is 6.34. The number of halogens is 3. The number of alkyl halides is 1. The van der Waals surface area contributed by atoms with Crippen LogP contribution in [-0.2, 0) is 10.3 Å². The van der Waals surface area contributed by atoms with Gasteiger partial charge in [-0.25, -0.2) is 13.6 Å². The van der Waals surface area contributed by atoms with E-state index < -0.39 is 17.6 Å². The molecule has 37 heavy (non-hydrogen) atoms. The molecule has 2 unspecified atom stereocenters. The zero-order chi connectivity index (χ0) is 26.8. The fourth-order valence-corrected chi connectivity index (χ4v) is 6.34. The van der Waals surface area contributed by atoms with Gasteiger partial charge in [0.05, 0.1) is 10.6 Å². The number of aliphatic hydroxyl groups is 1. The Hall–Kier alpha value is -1.48. The molecule has 1 aromatic carbocycles. The Kier molecular flexibility index (Phi) is 11.9. The van der Waals surface area contributed by atoms with Crippen molar-refractivity contribution in [3.63, 3.8) is 0 Å². The minimum atomic E-state index is -1.36. The van der Waals surface area contributed by atoms with Crippen LogP contribution >= 0.6 is 11.6 Å². The molecule has 3 atom stereocenters. The van der Waals surface area contributed by atoms with Gasteiger partial charge in [0.1, 0.15) is 12.0 Å². The summed E-state index contributed by atoms with van der Waals surface area (Å²) in [7, 11) is 3.50. The molecule has 1 saturated carbocycles. The zero-order valence-corrected chi connectivity index (χ0v) is 23.0. The lowest BCUT2D eigenvalue weighted by molar-refractivity contribution is -0.0565. The number of piperidine rings is 1. The van der Waals surface area contributed by atoms with Gasteiger partial charge in [-0.15, -0.1) is 0 Å². The van der Waals surface area contributed by atoms with Gasteiger partial charge in [-0.3, -0.25) is 0 Å². The summed E-state index contributed by atoms with van der Waals surface area (Å²) in [4.78, 5) is 15.1. The number of unbranched alkanes of at least 4 members (excludes halogenated alkanes) is 1. The number of urea groups is 1. The van der Waals surface area contributed by atoms with Gasteiger partial charge in [0.2, 0.25) is 0 Å². The Balaban J connectivity index is 1.70. The van der Waals surface area contributed by atoms with E-state index in [1.165, 1.54) is 6.07 Å². The average molecular weight is 544 g/mol. The van der Waals surface area contributed by atoms with E-state index in [0.29, 0.717) is 69.8 Å². The van der Waals surface area contributed by atoms with Crippen molar-refractivity contribution in [1.29, 1.82) is 0 Å². The van der Waals surface area contributed by atoms with Crippen LogP contribution in [0.15, 0.2) is 18.2 Å². The van der Waals surface area contributed by atoms with Crippen molar-refractivity contribution in [2.45, 2.75) is 82.0 Å². The number of likely N-dealkylation sites (tertiary alicyclic amines) is 1. The lowest BCUT2D eigenvalue weighted by atomic mass is 9.74. The van der Waals surface area contributed by atoms with E-state index in [0.717, 1.165) is 32.1 Å². The predicted molar refractivity (Wildman–Crippen MR) is 143 cm³/mol. The maximum Gasteiger partial charge on any atom is 0.317 e. The van der Waals surface area contributed by atoms with Crippen molar-refractivity contribution in [1.82, 2.24) is 15.5 Å². The minimum Gasteiger partial charge on any atom is -0.385 e. The summed E-state index contributed by atoms with van der Waals surface area (Å²) in [5, 5.41) is 18.3. The van der Waals surface area contributed by atoms with Crippen molar-refractivity contribution in [3.05, 3.63) is 34.6 Å². The molecule has 0 radical (unpaired) electrons. The number of nitrogens with zero attached hydrogens (tertiary/aromatic N) is 1. The second-order valence-electron chi connectivity index (χ2n) is 10.8. The van der Waals surface area contributed by atoms with Crippen molar-refractivity contribution in [2.75, 3.05) is 40.4 Å². The molecular formula is C28H44ClF2N3O3. The SMILES string of the molecule is CNCC(CC1CCC(F)CC1)NC(=O)N1CCCC([C@](O)(CCCCOC)c2cccc(F)c2Cl)C1. The van der Waals surface area contributed by atoms with Gasteiger partial charge in [-0.1, -0.05) is 23.7 Å². The molecule has 3 rings (SSSR count). The first-order chi connectivity index (χ1) is 17.8. The van der Waals surface area contributed by atoms with Gasteiger partial charge >= 0.3 is 6.03 Å². The molecule has 2 aliphatic rings. The van der Waals surface area contributed by atoms with Gasteiger partial charge in [0.15, 0.2) is 0 Å². The van der Waals surface area contributed by atoms with E-state index >= 15 is 0 Å². The van der Waals surface area contributed by atoms with Crippen LogP contribution in [0.5, 0.6) is 0 Å². The van der Waals surface area contributed by atoms with Gasteiger partial charge in [-0.05, 0) is 83.2 Å².